The number of carbonyl (C=O) groups excluding carboxylic acids is 1. The molecule has 2 aromatic rings. The van der Waals surface area contributed by atoms with Gasteiger partial charge in [0.25, 0.3) is 5.91 Å². The Labute approximate surface area is 143 Å². The topological polar surface area (TPSA) is 61.4 Å². The Morgan fingerprint density at radius 2 is 1.58 bits per heavy atom. The molecule has 0 aliphatic heterocycles. The number of aliphatic hydroxyl groups is 1. The molecule has 4 heteroatoms. The summed E-state index contributed by atoms with van der Waals surface area (Å²) in [4.78, 5) is 12.2. The van der Waals surface area contributed by atoms with E-state index in [2.05, 4.69) is 17.6 Å². The van der Waals surface area contributed by atoms with E-state index in [9.17, 15) is 4.79 Å². The Bertz CT molecular complexity index is 661. The van der Waals surface area contributed by atoms with Crippen LogP contribution < -0.4 is 10.6 Å². The standard InChI is InChI=1S/C20H26N2O2/c1-4-20(2,3)22-19(24)17-9-11-18(12-10-17)21-13-15-5-7-16(14-23)8-6-15/h5-12,21,23H,4,13-14H2,1-3H3,(H,22,24). The van der Waals surface area contributed by atoms with Crippen molar-refractivity contribution in [2.75, 3.05) is 5.32 Å². The number of nitrogens with one attached hydrogen (secondary N) is 2. The van der Waals surface area contributed by atoms with Gasteiger partial charge in [0, 0.05) is 23.3 Å². The van der Waals surface area contributed by atoms with Crippen LogP contribution in [0.1, 0.15) is 48.7 Å². The van der Waals surface area contributed by atoms with Gasteiger partial charge in [0.15, 0.2) is 0 Å². The van der Waals surface area contributed by atoms with E-state index < -0.39 is 0 Å². The monoisotopic (exact) mass is 326 g/mol. The van der Waals surface area contributed by atoms with E-state index in [1.54, 1.807) is 0 Å². The molecule has 3 N–H and O–H groups in total. The number of hydrogen-bond donors (Lipinski definition) is 3. The molecule has 24 heavy (non-hydrogen) atoms. The summed E-state index contributed by atoms with van der Waals surface area (Å²) >= 11 is 0. The van der Waals surface area contributed by atoms with Crippen molar-refractivity contribution >= 4 is 11.6 Å². The van der Waals surface area contributed by atoms with Gasteiger partial charge in [-0.25, -0.2) is 0 Å². The van der Waals surface area contributed by atoms with Crippen LogP contribution in [0.3, 0.4) is 0 Å². The van der Waals surface area contributed by atoms with Gasteiger partial charge in [0.2, 0.25) is 0 Å². The van der Waals surface area contributed by atoms with Crippen LogP contribution in [0.5, 0.6) is 0 Å². The Morgan fingerprint density at radius 1 is 1.00 bits per heavy atom. The minimum absolute atomic E-state index is 0.0482. The predicted molar refractivity (Wildman–Crippen MR) is 98.0 cm³/mol. The average Bonchev–Trinajstić information content (AvgIpc) is 2.60. The van der Waals surface area contributed by atoms with Gasteiger partial charge in [0.05, 0.1) is 6.61 Å². The summed E-state index contributed by atoms with van der Waals surface area (Å²) in [6.07, 6.45) is 0.882. The van der Waals surface area contributed by atoms with Crippen molar-refractivity contribution in [1.29, 1.82) is 0 Å². The van der Waals surface area contributed by atoms with Gasteiger partial charge in [-0.2, -0.15) is 0 Å². The summed E-state index contributed by atoms with van der Waals surface area (Å²) in [6.45, 7) is 6.85. The first-order valence-corrected chi connectivity index (χ1v) is 8.28. The first kappa shape index (κ1) is 18.0. The number of rotatable bonds is 7. The fourth-order valence-corrected chi connectivity index (χ4v) is 2.17. The van der Waals surface area contributed by atoms with Crippen LogP contribution >= 0.6 is 0 Å². The summed E-state index contributed by atoms with van der Waals surface area (Å²) in [6, 6.07) is 15.3. The summed E-state index contributed by atoms with van der Waals surface area (Å²) in [7, 11) is 0. The average molecular weight is 326 g/mol. The Balaban J connectivity index is 1.92. The molecule has 0 heterocycles. The van der Waals surface area contributed by atoms with E-state index >= 15 is 0 Å². The van der Waals surface area contributed by atoms with Gasteiger partial charge in [0.1, 0.15) is 0 Å². The van der Waals surface area contributed by atoms with Crippen molar-refractivity contribution in [1.82, 2.24) is 5.32 Å². The molecular formula is C20H26N2O2. The first-order chi connectivity index (χ1) is 11.4. The molecule has 0 aliphatic rings. The van der Waals surface area contributed by atoms with Gasteiger partial charge < -0.3 is 15.7 Å². The molecule has 2 aromatic carbocycles. The van der Waals surface area contributed by atoms with Gasteiger partial charge in [-0.05, 0) is 55.7 Å². The molecule has 0 unspecified atom stereocenters. The van der Waals surface area contributed by atoms with Crippen molar-refractivity contribution in [3.05, 3.63) is 65.2 Å². The molecule has 1 amide bonds. The van der Waals surface area contributed by atoms with Crippen molar-refractivity contribution in [2.24, 2.45) is 0 Å². The number of carbonyl (C=O) groups is 1. The summed E-state index contributed by atoms with van der Waals surface area (Å²) in [5, 5.41) is 15.4. The highest BCUT2D eigenvalue weighted by atomic mass is 16.3. The second-order valence-electron chi connectivity index (χ2n) is 6.60. The molecule has 0 saturated heterocycles. The van der Waals surface area contributed by atoms with Crippen LogP contribution in [0.4, 0.5) is 5.69 Å². The van der Waals surface area contributed by atoms with Gasteiger partial charge in [-0.15, -0.1) is 0 Å². The molecule has 0 fully saturated rings. The fraction of sp³-hybridized carbons (Fsp3) is 0.350. The van der Waals surface area contributed by atoms with Crippen LogP contribution in [0, 0.1) is 0 Å². The largest absolute Gasteiger partial charge is 0.392 e. The minimum Gasteiger partial charge on any atom is -0.392 e. The lowest BCUT2D eigenvalue weighted by Gasteiger charge is -2.24. The van der Waals surface area contributed by atoms with Crippen LogP contribution in [-0.2, 0) is 13.2 Å². The third kappa shape index (κ3) is 5.10. The number of hydrogen-bond acceptors (Lipinski definition) is 3. The van der Waals surface area contributed by atoms with Gasteiger partial charge >= 0.3 is 0 Å². The first-order valence-electron chi connectivity index (χ1n) is 8.28. The van der Waals surface area contributed by atoms with Crippen LogP contribution in [0.2, 0.25) is 0 Å². The van der Waals surface area contributed by atoms with Crippen LogP contribution in [0.15, 0.2) is 48.5 Å². The molecule has 4 nitrogen and oxygen atoms in total. The van der Waals surface area contributed by atoms with Crippen LogP contribution in [-0.4, -0.2) is 16.6 Å². The molecular weight excluding hydrogens is 300 g/mol. The second kappa shape index (κ2) is 7.97. The smallest absolute Gasteiger partial charge is 0.251 e. The van der Waals surface area contributed by atoms with E-state index in [-0.39, 0.29) is 18.1 Å². The number of aliphatic hydroxyl groups excluding tert-OH is 1. The highest BCUT2D eigenvalue weighted by Gasteiger charge is 2.18. The third-order valence-electron chi connectivity index (χ3n) is 4.19. The highest BCUT2D eigenvalue weighted by Crippen LogP contribution is 2.14. The SMILES string of the molecule is CCC(C)(C)NC(=O)c1ccc(NCc2ccc(CO)cc2)cc1. The Morgan fingerprint density at radius 3 is 2.12 bits per heavy atom. The normalized spacial score (nSPS) is 11.2. The molecule has 0 saturated carbocycles. The van der Waals surface area contributed by atoms with E-state index in [4.69, 9.17) is 5.11 Å². The molecule has 0 aliphatic carbocycles. The Kier molecular flexibility index (Phi) is 5.99. The lowest BCUT2D eigenvalue weighted by atomic mass is 10.0. The molecule has 0 radical (unpaired) electrons. The van der Waals surface area contributed by atoms with Crippen molar-refractivity contribution in [3.8, 4) is 0 Å². The maximum Gasteiger partial charge on any atom is 0.251 e. The number of benzene rings is 2. The zero-order valence-corrected chi connectivity index (χ0v) is 14.6. The molecule has 0 spiro atoms. The maximum absolute atomic E-state index is 12.2. The summed E-state index contributed by atoms with van der Waals surface area (Å²) < 4.78 is 0. The van der Waals surface area contributed by atoms with Crippen molar-refractivity contribution < 1.29 is 9.90 Å². The van der Waals surface area contributed by atoms with E-state index in [0.717, 1.165) is 23.2 Å². The zero-order valence-electron chi connectivity index (χ0n) is 14.6. The fourth-order valence-electron chi connectivity index (χ4n) is 2.17. The van der Waals surface area contributed by atoms with E-state index in [1.165, 1.54) is 0 Å². The summed E-state index contributed by atoms with van der Waals surface area (Å²) in [5.74, 6) is -0.0482. The predicted octanol–water partition coefficient (Wildman–Crippen LogP) is 3.71. The van der Waals surface area contributed by atoms with Gasteiger partial charge in [-0.1, -0.05) is 31.2 Å². The maximum atomic E-state index is 12.2. The minimum atomic E-state index is -0.200. The second-order valence-corrected chi connectivity index (χ2v) is 6.60. The third-order valence-corrected chi connectivity index (χ3v) is 4.19. The van der Waals surface area contributed by atoms with Crippen LogP contribution in [0.25, 0.3) is 0 Å². The molecule has 0 aromatic heterocycles. The highest BCUT2D eigenvalue weighted by molar-refractivity contribution is 5.95. The number of amides is 1. The van der Waals surface area contributed by atoms with E-state index in [1.807, 2.05) is 62.4 Å². The quantitative estimate of drug-likeness (QED) is 0.727. The lowest BCUT2D eigenvalue weighted by molar-refractivity contribution is 0.0911. The molecule has 0 bridgehead atoms. The van der Waals surface area contributed by atoms with Crippen molar-refractivity contribution in [2.45, 2.75) is 45.9 Å². The molecule has 0 atom stereocenters. The summed E-state index contributed by atoms with van der Waals surface area (Å²) in [5.41, 5.74) is 3.47. The number of anilines is 1. The zero-order chi connectivity index (χ0) is 17.6. The van der Waals surface area contributed by atoms with Gasteiger partial charge in [-0.3, -0.25) is 4.79 Å². The molecule has 128 valence electrons. The van der Waals surface area contributed by atoms with E-state index in [0.29, 0.717) is 12.1 Å². The van der Waals surface area contributed by atoms with Crippen molar-refractivity contribution in [3.63, 3.8) is 0 Å². The lowest BCUT2D eigenvalue weighted by Crippen LogP contribution is -2.42. The Hall–Kier alpha value is -2.33. The molecule has 2 rings (SSSR count).